The van der Waals surface area contributed by atoms with Crippen molar-refractivity contribution in [1.29, 1.82) is 0 Å². The van der Waals surface area contributed by atoms with E-state index in [1.54, 1.807) is 0 Å². The van der Waals surface area contributed by atoms with Crippen LogP contribution in [0.3, 0.4) is 0 Å². The van der Waals surface area contributed by atoms with Crippen LogP contribution in [-0.2, 0) is 0 Å². The molecule has 6 heteroatoms. The third-order valence-corrected chi connectivity index (χ3v) is 5.33. The predicted octanol–water partition coefficient (Wildman–Crippen LogP) is 2.81. The Morgan fingerprint density at radius 3 is 2.85 bits per heavy atom. The normalized spacial score (nSPS) is 19.8. The average Bonchev–Trinajstić information content (AvgIpc) is 2.99. The molecular formula is C14H20N4OS. The predicted molar refractivity (Wildman–Crippen MR) is 79.3 cm³/mol. The summed E-state index contributed by atoms with van der Waals surface area (Å²) in [7, 11) is 0. The number of carbonyl (C=O) groups is 1. The van der Waals surface area contributed by atoms with Gasteiger partial charge >= 0.3 is 0 Å². The first kappa shape index (κ1) is 13.5. The fraction of sp³-hybridized carbons (Fsp3) is 0.643. The van der Waals surface area contributed by atoms with Crippen LogP contribution in [0.15, 0.2) is 0 Å². The van der Waals surface area contributed by atoms with Crippen molar-refractivity contribution < 1.29 is 4.79 Å². The van der Waals surface area contributed by atoms with Crippen molar-refractivity contribution in [3.05, 3.63) is 16.4 Å². The molecule has 0 radical (unpaired) electrons. The van der Waals surface area contributed by atoms with Crippen molar-refractivity contribution in [2.75, 3.05) is 6.54 Å². The number of rotatable bonds is 2. The molecule has 20 heavy (non-hydrogen) atoms. The topological polar surface area (TPSA) is 50.5 Å². The summed E-state index contributed by atoms with van der Waals surface area (Å²) in [6.45, 7) is 6.95. The highest BCUT2D eigenvalue weighted by atomic mass is 32.1. The highest BCUT2D eigenvalue weighted by Gasteiger charge is 2.29. The maximum atomic E-state index is 12.8. The molecule has 0 bridgehead atoms. The fourth-order valence-electron chi connectivity index (χ4n) is 3.08. The Morgan fingerprint density at radius 1 is 1.35 bits per heavy atom. The van der Waals surface area contributed by atoms with Crippen molar-refractivity contribution in [2.24, 2.45) is 0 Å². The molecule has 1 saturated heterocycles. The third-order valence-electron chi connectivity index (χ3n) is 4.21. The first-order valence-electron chi connectivity index (χ1n) is 7.25. The third kappa shape index (κ3) is 2.02. The highest BCUT2D eigenvalue weighted by molar-refractivity contribution is 7.19. The number of hydrogen-bond acceptors (Lipinski definition) is 4. The summed E-state index contributed by atoms with van der Waals surface area (Å²) in [5, 5.41) is 8.19. The zero-order valence-corrected chi connectivity index (χ0v) is 13.0. The van der Waals surface area contributed by atoms with Crippen molar-refractivity contribution in [1.82, 2.24) is 19.5 Å². The SMILES string of the molecule is CCC1CCCCN1C(=O)c1sc2nnc(C)n2c1C. The van der Waals surface area contributed by atoms with Gasteiger partial charge in [0.2, 0.25) is 4.96 Å². The van der Waals surface area contributed by atoms with Gasteiger partial charge in [-0.25, -0.2) is 0 Å². The Balaban J connectivity index is 1.97. The number of piperidine rings is 1. The van der Waals surface area contributed by atoms with Crippen LogP contribution in [0.2, 0.25) is 0 Å². The van der Waals surface area contributed by atoms with Gasteiger partial charge in [-0.1, -0.05) is 18.3 Å². The van der Waals surface area contributed by atoms with Gasteiger partial charge in [0.05, 0.1) is 0 Å². The van der Waals surface area contributed by atoms with Crippen LogP contribution in [0.4, 0.5) is 0 Å². The molecule has 1 fully saturated rings. The van der Waals surface area contributed by atoms with Crippen LogP contribution in [0, 0.1) is 13.8 Å². The smallest absolute Gasteiger partial charge is 0.266 e. The number of aromatic nitrogens is 3. The summed E-state index contributed by atoms with van der Waals surface area (Å²) in [6, 6.07) is 0.393. The molecule has 0 spiro atoms. The maximum Gasteiger partial charge on any atom is 0.266 e. The van der Waals surface area contributed by atoms with E-state index in [0.29, 0.717) is 6.04 Å². The molecule has 3 heterocycles. The fourth-order valence-corrected chi connectivity index (χ4v) is 4.15. The molecule has 1 amide bonds. The molecule has 0 aromatic carbocycles. The Kier molecular flexibility index (Phi) is 3.50. The Hall–Kier alpha value is -1.43. The van der Waals surface area contributed by atoms with Crippen molar-refractivity contribution in [3.8, 4) is 0 Å². The van der Waals surface area contributed by atoms with E-state index in [4.69, 9.17) is 0 Å². The van der Waals surface area contributed by atoms with Crippen molar-refractivity contribution in [2.45, 2.75) is 52.5 Å². The lowest BCUT2D eigenvalue weighted by molar-refractivity contribution is 0.0612. The average molecular weight is 292 g/mol. The second kappa shape index (κ2) is 5.16. The molecule has 1 aliphatic rings. The van der Waals surface area contributed by atoms with Gasteiger partial charge in [0, 0.05) is 18.3 Å². The van der Waals surface area contributed by atoms with Gasteiger partial charge in [0.15, 0.2) is 0 Å². The number of amides is 1. The number of thiazole rings is 1. The minimum atomic E-state index is 0.170. The van der Waals surface area contributed by atoms with E-state index in [2.05, 4.69) is 22.0 Å². The van der Waals surface area contributed by atoms with Gasteiger partial charge in [-0.15, -0.1) is 10.2 Å². The largest absolute Gasteiger partial charge is 0.335 e. The molecule has 1 atom stereocenters. The van der Waals surface area contributed by atoms with Gasteiger partial charge in [-0.2, -0.15) is 0 Å². The molecule has 1 unspecified atom stereocenters. The molecule has 5 nitrogen and oxygen atoms in total. The molecule has 3 rings (SSSR count). The molecule has 0 aliphatic carbocycles. The van der Waals surface area contributed by atoms with E-state index in [9.17, 15) is 4.79 Å². The zero-order chi connectivity index (χ0) is 14.3. The minimum absolute atomic E-state index is 0.170. The number of carbonyl (C=O) groups excluding carboxylic acids is 1. The first-order valence-corrected chi connectivity index (χ1v) is 8.07. The number of nitrogens with zero attached hydrogens (tertiary/aromatic N) is 4. The first-order chi connectivity index (χ1) is 9.63. The molecule has 2 aromatic heterocycles. The van der Waals surface area contributed by atoms with E-state index in [1.165, 1.54) is 17.8 Å². The summed E-state index contributed by atoms with van der Waals surface area (Å²) >= 11 is 1.46. The zero-order valence-electron chi connectivity index (χ0n) is 12.2. The van der Waals surface area contributed by atoms with E-state index >= 15 is 0 Å². The van der Waals surface area contributed by atoms with E-state index in [1.807, 2.05) is 18.2 Å². The summed E-state index contributed by atoms with van der Waals surface area (Å²) in [5.74, 6) is 1.02. The molecule has 0 N–H and O–H groups in total. The standard InChI is InChI=1S/C14H20N4OS/c1-4-11-7-5-6-8-17(11)13(19)12-9(2)18-10(3)15-16-14(18)20-12/h11H,4-8H2,1-3H3. The molecule has 1 aliphatic heterocycles. The molecule has 108 valence electrons. The van der Waals surface area contributed by atoms with Gasteiger partial charge in [-0.3, -0.25) is 9.20 Å². The van der Waals surface area contributed by atoms with Gasteiger partial charge in [0.25, 0.3) is 5.91 Å². The van der Waals surface area contributed by atoms with Gasteiger partial charge in [0.1, 0.15) is 10.7 Å². The minimum Gasteiger partial charge on any atom is -0.335 e. The van der Waals surface area contributed by atoms with E-state index < -0.39 is 0 Å². The van der Waals surface area contributed by atoms with Crippen LogP contribution in [0.5, 0.6) is 0 Å². The second-order valence-electron chi connectivity index (χ2n) is 5.44. The Morgan fingerprint density at radius 2 is 2.15 bits per heavy atom. The highest BCUT2D eigenvalue weighted by Crippen LogP contribution is 2.28. The second-order valence-corrected chi connectivity index (χ2v) is 6.42. The monoisotopic (exact) mass is 292 g/mol. The van der Waals surface area contributed by atoms with Crippen LogP contribution in [0.25, 0.3) is 4.96 Å². The number of fused-ring (bicyclic) bond motifs is 1. The summed E-state index contributed by atoms with van der Waals surface area (Å²) < 4.78 is 1.97. The van der Waals surface area contributed by atoms with Crippen LogP contribution in [-0.4, -0.2) is 38.0 Å². The Labute approximate surface area is 122 Å². The summed E-state index contributed by atoms with van der Waals surface area (Å²) in [4.78, 5) is 16.5. The maximum absolute atomic E-state index is 12.8. The molecule has 0 saturated carbocycles. The summed E-state index contributed by atoms with van der Waals surface area (Å²) in [5.41, 5.74) is 0.970. The number of hydrogen-bond donors (Lipinski definition) is 0. The summed E-state index contributed by atoms with van der Waals surface area (Å²) in [6.07, 6.45) is 4.51. The van der Waals surface area contributed by atoms with Crippen molar-refractivity contribution in [3.63, 3.8) is 0 Å². The lowest BCUT2D eigenvalue weighted by atomic mass is 10.00. The van der Waals surface area contributed by atoms with Crippen LogP contribution >= 0.6 is 11.3 Å². The Bertz CT molecular complexity index is 645. The van der Waals surface area contributed by atoms with Gasteiger partial charge in [-0.05, 0) is 39.5 Å². The lowest BCUT2D eigenvalue weighted by Crippen LogP contribution is -2.43. The van der Waals surface area contributed by atoms with E-state index in [0.717, 1.165) is 47.2 Å². The molecular weight excluding hydrogens is 272 g/mol. The number of likely N-dealkylation sites (tertiary alicyclic amines) is 1. The quantitative estimate of drug-likeness (QED) is 0.855. The number of aryl methyl sites for hydroxylation is 2. The van der Waals surface area contributed by atoms with Crippen LogP contribution in [0.1, 0.15) is 53.8 Å². The van der Waals surface area contributed by atoms with Crippen LogP contribution < -0.4 is 0 Å². The van der Waals surface area contributed by atoms with Gasteiger partial charge < -0.3 is 4.90 Å². The van der Waals surface area contributed by atoms with Crippen molar-refractivity contribution >= 4 is 22.2 Å². The van der Waals surface area contributed by atoms with E-state index in [-0.39, 0.29) is 5.91 Å². The molecule has 2 aromatic rings. The lowest BCUT2D eigenvalue weighted by Gasteiger charge is -2.35.